The predicted octanol–water partition coefficient (Wildman–Crippen LogP) is 3.61. The summed E-state index contributed by atoms with van der Waals surface area (Å²) >= 11 is 1.73. The lowest BCUT2D eigenvalue weighted by Gasteiger charge is -2.01. The lowest BCUT2D eigenvalue weighted by Crippen LogP contribution is -1.96. The number of hydrogen-bond acceptors (Lipinski definition) is 5. The summed E-state index contributed by atoms with van der Waals surface area (Å²) in [5, 5.41) is 1.16. The van der Waals surface area contributed by atoms with Crippen molar-refractivity contribution in [3.8, 4) is 11.6 Å². The molecule has 4 rings (SSSR count). The summed E-state index contributed by atoms with van der Waals surface area (Å²) in [7, 11) is 0. The zero-order chi connectivity index (χ0) is 13.5. The summed E-state index contributed by atoms with van der Waals surface area (Å²) in [6.07, 6.45) is 3.41. The van der Waals surface area contributed by atoms with Crippen molar-refractivity contribution in [3.05, 3.63) is 48.4 Å². The summed E-state index contributed by atoms with van der Waals surface area (Å²) in [5.74, 6) is 1.15. The minimum atomic E-state index is 0.563. The molecule has 0 saturated heterocycles. The van der Waals surface area contributed by atoms with Crippen LogP contribution in [0, 0.1) is 6.92 Å². The molecular formula is C15H10N4S. The van der Waals surface area contributed by atoms with Crippen LogP contribution in [0.4, 0.5) is 0 Å². The molecule has 96 valence electrons. The van der Waals surface area contributed by atoms with Crippen LogP contribution >= 0.6 is 11.3 Å². The Balaban J connectivity index is 2.08. The summed E-state index contributed by atoms with van der Waals surface area (Å²) in [5.41, 5.74) is 1.96. The van der Waals surface area contributed by atoms with Crippen LogP contribution in [0.5, 0.6) is 0 Å². The number of hydrogen-bond donors (Lipinski definition) is 0. The Morgan fingerprint density at radius 2 is 1.70 bits per heavy atom. The fraction of sp³-hybridized carbons (Fsp3) is 0.0667. The molecule has 3 aromatic heterocycles. The SMILES string of the molecule is Cc1nc(-c2ncccn2)nc2c1sc1ccccc12. The average molecular weight is 278 g/mol. The van der Waals surface area contributed by atoms with Gasteiger partial charge in [0.15, 0.2) is 11.6 Å². The molecule has 0 bridgehead atoms. The third-order valence-electron chi connectivity index (χ3n) is 3.15. The van der Waals surface area contributed by atoms with Gasteiger partial charge < -0.3 is 0 Å². The highest BCUT2D eigenvalue weighted by atomic mass is 32.1. The molecule has 0 atom stereocenters. The average Bonchev–Trinajstić information content (AvgIpc) is 2.88. The Hall–Kier alpha value is -2.40. The first kappa shape index (κ1) is 11.4. The highest BCUT2D eigenvalue weighted by molar-refractivity contribution is 7.25. The van der Waals surface area contributed by atoms with E-state index in [1.54, 1.807) is 29.8 Å². The van der Waals surface area contributed by atoms with Gasteiger partial charge in [-0.3, -0.25) is 0 Å². The minimum absolute atomic E-state index is 0.563. The molecule has 0 spiro atoms. The quantitative estimate of drug-likeness (QED) is 0.533. The number of thiophene rings is 1. The van der Waals surface area contributed by atoms with Gasteiger partial charge in [-0.15, -0.1) is 11.3 Å². The van der Waals surface area contributed by atoms with Gasteiger partial charge in [-0.05, 0) is 19.1 Å². The zero-order valence-corrected chi connectivity index (χ0v) is 11.6. The second kappa shape index (κ2) is 4.31. The van der Waals surface area contributed by atoms with Crippen LogP contribution in [0.2, 0.25) is 0 Å². The lowest BCUT2D eigenvalue weighted by molar-refractivity contribution is 1.08. The van der Waals surface area contributed by atoms with Crippen LogP contribution in [0.1, 0.15) is 5.69 Å². The Labute approximate surface area is 119 Å². The molecule has 0 aliphatic carbocycles. The third-order valence-corrected chi connectivity index (χ3v) is 4.42. The van der Waals surface area contributed by atoms with E-state index in [1.807, 2.05) is 19.1 Å². The largest absolute Gasteiger partial charge is 0.234 e. The fourth-order valence-corrected chi connectivity index (χ4v) is 3.33. The van der Waals surface area contributed by atoms with Crippen molar-refractivity contribution in [1.82, 2.24) is 19.9 Å². The number of benzene rings is 1. The lowest BCUT2D eigenvalue weighted by atomic mass is 10.2. The van der Waals surface area contributed by atoms with Gasteiger partial charge in [-0.25, -0.2) is 19.9 Å². The third kappa shape index (κ3) is 1.67. The summed E-state index contributed by atoms with van der Waals surface area (Å²) in [4.78, 5) is 17.7. The fourth-order valence-electron chi connectivity index (χ4n) is 2.24. The van der Waals surface area contributed by atoms with Crippen molar-refractivity contribution in [2.24, 2.45) is 0 Å². The van der Waals surface area contributed by atoms with Crippen molar-refractivity contribution in [1.29, 1.82) is 0 Å². The van der Waals surface area contributed by atoms with Crippen LogP contribution in [0.25, 0.3) is 32.0 Å². The van der Waals surface area contributed by atoms with E-state index in [0.29, 0.717) is 11.6 Å². The normalized spacial score (nSPS) is 11.2. The summed E-state index contributed by atoms with van der Waals surface area (Å²) in [6.45, 7) is 2.01. The van der Waals surface area contributed by atoms with E-state index in [2.05, 4.69) is 32.1 Å². The van der Waals surface area contributed by atoms with Crippen molar-refractivity contribution in [3.63, 3.8) is 0 Å². The van der Waals surface area contributed by atoms with Crippen LogP contribution in [0.15, 0.2) is 42.7 Å². The Kier molecular flexibility index (Phi) is 2.47. The molecule has 0 saturated carbocycles. The smallest absolute Gasteiger partial charge is 0.198 e. The standard InChI is InChI=1S/C15H10N4S/c1-9-13-12(10-5-2-3-6-11(10)20-13)19-15(18-9)14-16-7-4-8-17-14/h2-8H,1H3. The van der Waals surface area contributed by atoms with Crippen molar-refractivity contribution in [2.75, 3.05) is 0 Å². The topological polar surface area (TPSA) is 51.6 Å². The predicted molar refractivity (Wildman–Crippen MR) is 80.7 cm³/mol. The second-order valence-electron chi connectivity index (χ2n) is 4.48. The van der Waals surface area contributed by atoms with Gasteiger partial charge in [-0.1, -0.05) is 18.2 Å². The highest BCUT2D eigenvalue weighted by Gasteiger charge is 2.13. The molecule has 0 aliphatic rings. The highest BCUT2D eigenvalue weighted by Crippen LogP contribution is 2.34. The van der Waals surface area contributed by atoms with Gasteiger partial charge >= 0.3 is 0 Å². The molecule has 4 aromatic rings. The second-order valence-corrected chi connectivity index (χ2v) is 5.53. The molecule has 0 N–H and O–H groups in total. The molecular weight excluding hydrogens is 268 g/mol. The molecule has 5 heteroatoms. The first-order valence-electron chi connectivity index (χ1n) is 6.26. The molecule has 0 radical (unpaired) electrons. The zero-order valence-electron chi connectivity index (χ0n) is 10.7. The molecule has 4 nitrogen and oxygen atoms in total. The Morgan fingerprint density at radius 3 is 2.55 bits per heavy atom. The van der Waals surface area contributed by atoms with E-state index in [9.17, 15) is 0 Å². The molecule has 20 heavy (non-hydrogen) atoms. The monoisotopic (exact) mass is 278 g/mol. The van der Waals surface area contributed by atoms with Crippen LogP contribution in [-0.4, -0.2) is 19.9 Å². The first-order chi connectivity index (χ1) is 9.83. The van der Waals surface area contributed by atoms with Crippen LogP contribution in [-0.2, 0) is 0 Å². The van der Waals surface area contributed by atoms with Crippen molar-refractivity contribution >= 4 is 31.6 Å². The molecule has 0 fully saturated rings. The maximum atomic E-state index is 4.67. The first-order valence-corrected chi connectivity index (χ1v) is 7.08. The number of rotatable bonds is 1. The van der Waals surface area contributed by atoms with Crippen molar-refractivity contribution in [2.45, 2.75) is 6.92 Å². The molecule has 0 unspecified atom stereocenters. The van der Waals surface area contributed by atoms with Crippen LogP contribution < -0.4 is 0 Å². The van der Waals surface area contributed by atoms with E-state index in [0.717, 1.165) is 21.3 Å². The maximum absolute atomic E-state index is 4.67. The van der Waals surface area contributed by atoms with Crippen molar-refractivity contribution < 1.29 is 0 Å². The van der Waals surface area contributed by atoms with Gasteiger partial charge in [0.1, 0.15) is 0 Å². The van der Waals surface area contributed by atoms with E-state index < -0.39 is 0 Å². The molecule has 1 aromatic carbocycles. The molecule has 0 aliphatic heterocycles. The number of aromatic nitrogens is 4. The van der Waals surface area contributed by atoms with E-state index in [1.165, 1.54) is 4.70 Å². The van der Waals surface area contributed by atoms with Crippen LogP contribution in [0.3, 0.4) is 0 Å². The maximum Gasteiger partial charge on any atom is 0.198 e. The number of aryl methyl sites for hydroxylation is 1. The molecule has 0 amide bonds. The molecule has 3 heterocycles. The van der Waals surface area contributed by atoms with Gasteiger partial charge in [0.05, 0.1) is 15.9 Å². The van der Waals surface area contributed by atoms with E-state index >= 15 is 0 Å². The number of fused-ring (bicyclic) bond motifs is 3. The minimum Gasteiger partial charge on any atom is -0.234 e. The van der Waals surface area contributed by atoms with Gasteiger partial charge in [-0.2, -0.15) is 0 Å². The van der Waals surface area contributed by atoms with Gasteiger partial charge in [0, 0.05) is 22.5 Å². The van der Waals surface area contributed by atoms with E-state index in [4.69, 9.17) is 0 Å². The number of nitrogens with zero attached hydrogens (tertiary/aromatic N) is 4. The van der Waals surface area contributed by atoms with Gasteiger partial charge in [0.25, 0.3) is 0 Å². The summed E-state index contributed by atoms with van der Waals surface area (Å²) in [6, 6.07) is 10.1. The summed E-state index contributed by atoms with van der Waals surface area (Å²) < 4.78 is 2.36. The Bertz CT molecular complexity index is 915. The van der Waals surface area contributed by atoms with Gasteiger partial charge in [0.2, 0.25) is 0 Å². The van der Waals surface area contributed by atoms with E-state index in [-0.39, 0.29) is 0 Å². The Morgan fingerprint density at radius 1 is 0.900 bits per heavy atom.